The fourth-order valence-corrected chi connectivity index (χ4v) is 4.68. The van der Waals surface area contributed by atoms with Crippen LogP contribution in [0, 0.1) is 0 Å². The lowest BCUT2D eigenvalue weighted by Crippen LogP contribution is -2.40. The highest BCUT2D eigenvalue weighted by Gasteiger charge is 2.52. The summed E-state index contributed by atoms with van der Waals surface area (Å²) in [7, 11) is -0.173. The highest BCUT2D eigenvalue weighted by atomic mass is 28.4. The van der Waals surface area contributed by atoms with E-state index >= 15 is 0 Å². The summed E-state index contributed by atoms with van der Waals surface area (Å²) in [6.07, 6.45) is 3.90. The van der Waals surface area contributed by atoms with Gasteiger partial charge in [0, 0.05) is 5.56 Å². The Morgan fingerprint density at radius 1 is 1.13 bits per heavy atom. The Morgan fingerprint density at radius 3 is 2.43 bits per heavy atom. The highest BCUT2D eigenvalue weighted by molar-refractivity contribution is 6.74. The molecule has 0 N–H and O–H groups in total. The molecule has 0 aliphatic carbocycles. The smallest absolute Gasteiger partial charge is 0.192 e. The van der Waals surface area contributed by atoms with Gasteiger partial charge in [0.2, 0.25) is 0 Å². The van der Waals surface area contributed by atoms with Gasteiger partial charge in [0.05, 0.1) is 19.8 Å². The summed E-state index contributed by atoms with van der Waals surface area (Å²) in [5.41, 5.74) is 2.14. The molecular formula is C24H38O5Si. The monoisotopic (exact) mass is 434 g/mol. The molecule has 2 fully saturated rings. The molecule has 6 heteroatoms. The number of ether oxygens (including phenoxy) is 4. The van der Waals surface area contributed by atoms with Crippen molar-refractivity contribution in [3.8, 4) is 5.75 Å². The molecule has 5 nitrogen and oxygen atoms in total. The second-order valence-corrected chi connectivity index (χ2v) is 15.1. The highest BCUT2D eigenvalue weighted by Crippen LogP contribution is 2.40. The molecule has 0 amide bonds. The molecule has 2 aliphatic rings. The van der Waals surface area contributed by atoms with Crippen molar-refractivity contribution in [2.24, 2.45) is 0 Å². The van der Waals surface area contributed by atoms with Crippen LogP contribution >= 0.6 is 0 Å². The largest absolute Gasteiger partial charge is 0.496 e. The van der Waals surface area contributed by atoms with E-state index in [2.05, 4.69) is 52.1 Å². The van der Waals surface area contributed by atoms with Gasteiger partial charge in [-0.25, -0.2) is 0 Å². The summed E-state index contributed by atoms with van der Waals surface area (Å²) in [5.74, 6) is 0.272. The molecule has 2 saturated heterocycles. The third-order valence-electron chi connectivity index (χ3n) is 6.56. The maximum Gasteiger partial charge on any atom is 0.192 e. The summed E-state index contributed by atoms with van der Waals surface area (Å²) in [4.78, 5) is 0. The van der Waals surface area contributed by atoms with Crippen molar-refractivity contribution in [1.82, 2.24) is 0 Å². The molecule has 1 aromatic carbocycles. The van der Waals surface area contributed by atoms with Crippen LogP contribution in [0.4, 0.5) is 0 Å². The molecular weight excluding hydrogens is 396 g/mol. The quantitative estimate of drug-likeness (QED) is 0.550. The zero-order chi connectivity index (χ0) is 22.3. The molecule has 1 aromatic rings. The predicted molar refractivity (Wildman–Crippen MR) is 122 cm³/mol. The molecule has 3 rings (SSSR count). The van der Waals surface area contributed by atoms with Gasteiger partial charge in [0.1, 0.15) is 24.1 Å². The van der Waals surface area contributed by atoms with Gasteiger partial charge in [-0.15, -0.1) is 0 Å². The van der Waals surface area contributed by atoms with E-state index in [1.807, 2.05) is 32.9 Å². The molecule has 0 aromatic heterocycles. The lowest BCUT2D eigenvalue weighted by molar-refractivity contribution is -0.180. The van der Waals surface area contributed by atoms with Crippen LogP contribution in [0.2, 0.25) is 18.1 Å². The molecule has 0 saturated carbocycles. The van der Waals surface area contributed by atoms with Crippen molar-refractivity contribution in [2.45, 2.75) is 96.5 Å². The summed E-state index contributed by atoms with van der Waals surface area (Å²) >= 11 is 0. The maximum atomic E-state index is 6.50. The first kappa shape index (κ1) is 23.5. The van der Waals surface area contributed by atoms with E-state index in [4.69, 9.17) is 23.4 Å². The van der Waals surface area contributed by atoms with Gasteiger partial charge in [-0.1, -0.05) is 45.1 Å². The summed E-state index contributed by atoms with van der Waals surface area (Å²) in [6, 6.07) is 6.09. The minimum atomic E-state index is -1.88. The molecule has 0 bridgehead atoms. The maximum absolute atomic E-state index is 6.50. The average molecular weight is 435 g/mol. The van der Waals surface area contributed by atoms with Crippen molar-refractivity contribution in [3.63, 3.8) is 0 Å². The van der Waals surface area contributed by atoms with E-state index in [0.717, 1.165) is 16.9 Å². The van der Waals surface area contributed by atoms with Crippen molar-refractivity contribution >= 4 is 14.4 Å². The predicted octanol–water partition coefficient (Wildman–Crippen LogP) is 5.54. The standard InChI is InChI=1S/C24H38O5Si/c1-16-21-22(29-24(5,6)28-21)20(27-16)14-13-17-11-10-12-19(25-7)18(17)15-26-30(8,9)23(2,3)4/h10-14,16,20-22H,15H2,1-9H3/b14-13+/t16-,20+,21-,22+/m1/s1. The molecule has 2 aliphatic heterocycles. The zero-order valence-corrected chi connectivity index (χ0v) is 20.9. The van der Waals surface area contributed by atoms with Gasteiger partial charge in [-0.05, 0) is 50.5 Å². The van der Waals surface area contributed by atoms with Crippen LogP contribution in [0.1, 0.15) is 52.7 Å². The van der Waals surface area contributed by atoms with Gasteiger partial charge < -0.3 is 23.4 Å². The SMILES string of the molecule is COc1cccc(/C=C/[C@@H]2O[C@H](C)[C@H]3OC(C)(C)O[C@H]32)c1CO[Si](C)(C)C(C)(C)C. The van der Waals surface area contributed by atoms with Crippen LogP contribution in [-0.4, -0.2) is 45.6 Å². The molecule has 0 radical (unpaired) electrons. The Hall–Kier alpha value is -1.18. The van der Waals surface area contributed by atoms with Crippen molar-refractivity contribution in [3.05, 3.63) is 35.4 Å². The summed E-state index contributed by atoms with van der Waals surface area (Å²) in [6.45, 7) is 17.8. The van der Waals surface area contributed by atoms with Gasteiger partial charge >= 0.3 is 0 Å². The van der Waals surface area contributed by atoms with Crippen molar-refractivity contribution in [2.75, 3.05) is 7.11 Å². The van der Waals surface area contributed by atoms with Crippen LogP contribution in [-0.2, 0) is 25.2 Å². The van der Waals surface area contributed by atoms with Crippen molar-refractivity contribution < 1.29 is 23.4 Å². The van der Waals surface area contributed by atoms with E-state index in [9.17, 15) is 0 Å². The first-order valence-corrected chi connectivity index (χ1v) is 13.7. The van der Waals surface area contributed by atoms with Crippen LogP contribution in [0.5, 0.6) is 5.75 Å². The first-order chi connectivity index (χ1) is 13.8. The molecule has 0 spiro atoms. The second kappa shape index (κ2) is 8.39. The number of methoxy groups -OCH3 is 1. The Bertz CT molecular complexity index is 780. The van der Waals surface area contributed by atoms with Crippen LogP contribution in [0.15, 0.2) is 24.3 Å². The first-order valence-electron chi connectivity index (χ1n) is 10.8. The molecule has 30 heavy (non-hydrogen) atoms. The molecule has 2 heterocycles. The van der Waals surface area contributed by atoms with Gasteiger partial charge in [0.25, 0.3) is 0 Å². The van der Waals surface area contributed by atoms with Gasteiger partial charge in [-0.3, -0.25) is 0 Å². The number of rotatable bonds is 6. The van der Waals surface area contributed by atoms with E-state index < -0.39 is 14.1 Å². The molecule has 0 unspecified atom stereocenters. The van der Waals surface area contributed by atoms with Gasteiger partial charge in [0.15, 0.2) is 14.1 Å². The van der Waals surface area contributed by atoms with Gasteiger partial charge in [-0.2, -0.15) is 0 Å². The fourth-order valence-electron chi connectivity index (χ4n) is 3.74. The molecule has 4 atom stereocenters. The molecule has 168 valence electrons. The summed E-state index contributed by atoms with van der Waals surface area (Å²) in [5, 5.41) is 0.153. The topological polar surface area (TPSA) is 46.2 Å². The number of fused-ring (bicyclic) bond motifs is 1. The van der Waals surface area contributed by atoms with Crippen LogP contribution < -0.4 is 4.74 Å². The Balaban J connectivity index is 1.81. The summed E-state index contributed by atoms with van der Waals surface area (Å²) < 4.78 is 30.4. The minimum absolute atomic E-state index is 0.00174. The zero-order valence-electron chi connectivity index (χ0n) is 19.9. The number of hydrogen-bond acceptors (Lipinski definition) is 5. The van der Waals surface area contributed by atoms with E-state index in [0.29, 0.717) is 6.61 Å². The minimum Gasteiger partial charge on any atom is -0.496 e. The third-order valence-corrected chi connectivity index (χ3v) is 11.0. The van der Waals surface area contributed by atoms with Crippen LogP contribution in [0.25, 0.3) is 6.08 Å². The Morgan fingerprint density at radius 2 is 1.80 bits per heavy atom. The van der Waals surface area contributed by atoms with E-state index in [1.54, 1.807) is 7.11 Å². The normalized spacial score (nSPS) is 28.8. The Kier molecular flexibility index (Phi) is 6.57. The lowest BCUT2D eigenvalue weighted by Gasteiger charge is -2.36. The second-order valence-electron chi connectivity index (χ2n) is 10.3. The average Bonchev–Trinajstić information content (AvgIpc) is 3.11. The van der Waals surface area contributed by atoms with E-state index in [-0.39, 0.29) is 29.5 Å². The number of hydrogen-bond donors (Lipinski definition) is 0. The van der Waals surface area contributed by atoms with Crippen molar-refractivity contribution in [1.29, 1.82) is 0 Å². The fraction of sp³-hybridized carbons (Fsp3) is 0.667. The number of benzene rings is 1. The third kappa shape index (κ3) is 4.83. The van der Waals surface area contributed by atoms with Crippen LogP contribution in [0.3, 0.4) is 0 Å². The lowest BCUT2D eigenvalue weighted by atomic mass is 10.0. The Labute approximate surface area is 182 Å². The van der Waals surface area contributed by atoms with E-state index in [1.165, 1.54) is 0 Å².